The highest BCUT2D eigenvalue weighted by atomic mass is 35.5. The molecule has 2 aromatic heterocycles. The van der Waals surface area contributed by atoms with Gasteiger partial charge in [0.1, 0.15) is 30.0 Å². The Morgan fingerprint density at radius 2 is 2.21 bits per heavy atom. The Morgan fingerprint density at radius 3 is 2.88 bits per heavy atom. The number of hydrogen-bond acceptors (Lipinski definition) is 7. The van der Waals surface area contributed by atoms with Crippen molar-refractivity contribution in [3.8, 4) is 0 Å². The van der Waals surface area contributed by atoms with E-state index in [9.17, 15) is 14.1 Å². The predicted octanol–water partition coefficient (Wildman–Crippen LogP) is 0.373. The van der Waals surface area contributed by atoms with Crippen LogP contribution in [0, 0.1) is 0 Å². The molecule has 5 N–H and O–H groups in total. The molecule has 0 spiro atoms. The number of aliphatic hydroxyl groups is 1. The fourth-order valence-electron chi connectivity index (χ4n) is 2.49. The minimum absolute atomic E-state index is 0.0964. The Morgan fingerprint density at radius 1 is 1.50 bits per heavy atom. The van der Waals surface area contributed by atoms with Crippen LogP contribution in [0.2, 0.25) is 5.02 Å². The molecule has 3 rings (SSSR count). The number of aliphatic hydroxyl groups excluding tert-OH is 1. The standard InChI is InChI=1S/C11H13ClFN4O6P/c12-4-1-17(10-6(4)9(14)15-3-16-10)11-7(13)8(18)5(23-11)2-22-24(19,20)21/h1,3,5,7-8,11,18H,2H2,(H2,14,15,16)(H2,19,20,21)/t5-,7?,8+,11-/m1/s1. The van der Waals surface area contributed by atoms with Crippen molar-refractivity contribution in [3.05, 3.63) is 17.5 Å². The molecule has 1 saturated heterocycles. The summed E-state index contributed by atoms with van der Waals surface area (Å²) in [6.45, 7) is -0.688. The summed E-state index contributed by atoms with van der Waals surface area (Å²) in [4.78, 5) is 25.2. The highest BCUT2D eigenvalue weighted by Gasteiger charge is 2.46. The summed E-state index contributed by atoms with van der Waals surface area (Å²) in [5, 5.41) is 10.4. The Balaban J connectivity index is 1.90. The monoisotopic (exact) mass is 382 g/mol. The second-order valence-electron chi connectivity index (χ2n) is 5.13. The lowest BCUT2D eigenvalue weighted by molar-refractivity contribution is -0.0449. The van der Waals surface area contributed by atoms with Crippen molar-refractivity contribution >= 4 is 36.3 Å². The SMILES string of the molecule is Nc1ncnc2c1c(Cl)cn2[C@@H]1O[C@H](COP(=O)(O)O)[C@H](O)C1F. The van der Waals surface area contributed by atoms with Crippen LogP contribution in [0.3, 0.4) is 0 Å². The van der Waals surface area contributed by atoms with Gasteiger partial charge in [0.05, 0.1) is 17.0 Å². The summed E-state index contributed by atoms with van der Waals surface area (Å²) >= 11 is 6.05. The third-order valence-electron chi connectivity index (χ3n) is 3.57. The third kappa shape index (κ3) is 3.11. The molecule has 3 heterocycles. The lowest BCUT2D eigenvalue weighted by Crippen LogP contribution is -2.31. The molecule has 13 heteroatoms. The van der Waals surface area contributed by atoms with Gasteiger partial charge < -0.3 is 29.9 Å². The van der Waals surface area contributed by atoms with E-state index in [0.29, 0.717) is 5.39 Å². The number of rotatable bonds is 4. The van der Waals surface area contributed by atoms with Gasteiger partial charge in [0.15, 0.2) is 12.4 Å². The first kappa shape index (κ1) is 17.5. The summed E-state index contributed by atoms with van der Waals surface area (Å²) < 4.78 is 36.0. The highest BCUT2D eigenvalue weighted by Crippen LogP contribution is 2.40. The fraction of sp³-hybridized carbons (Fsp3) is 0.455. The van der Waals surface area contributed by atoms with Gasteiger partial charge in [0.25, 0.3) is 0 Å². The molecule has 1 unspecified atom stereocenters. The minimum Gasteiger partial charge on any atom is -0.387 e. The number of nitrogens with zero attached hydrogens (tertiary/aromatic N) is 3. The van der Waals surface area contributed by atoms with E-state index >= 15 is 0 Å². The number of phosphoric ester groups is 1. The minimum atomic E-state index is -4.78. The number of hydrogen-bond donors (Lipinski definition) is 4. The van der Waals surface area contributed by atoms with Crippen molar-refractivity contribution in [2.75, 3.05) is 12.3 Å². The van der Waals surface area contributed by atoms with Crippen LogP contribution < -0.4 is 5.73 Å². The van der Waals surface area contributed by atoms with E-state index in [4.69, 9.17) is 31.9 Å². The summed E-state index contributed by atoms with van der Waals surface area (Å²) in [5.41, 5.74) is 5.91. The fourth-order valence-corrected chi connectivity index (χ4v) is 3.12. The molecule has 10 nitrogen and oxygen atoms in total. The van der Waals surface area contributed by atoms with Crippen molar-refractivity contribution in [1.82, 2.24) is 14.5 Å². The Bertz CT molecular complexity index is 815. The molecule has 1 aliphatic rings. The number of nitrogens with two attached hydrogens (primary N) is 1. The van der Waals surface area contributed by atoms with Gasteiger partial charge in [0, 0.05) is 6.20 Å². The van der Waals surface area contributed by atoms with Crippen molar-refractivity contribution in [2.24, 2.45) is 0 Å². The van der Waals surface area contributed by atoms with Crippen LogP contribution in [0.4, 0.5) is 10.2 Å². The number of phosphoric acid groups is 1. The largest absolute Gasteiger partial charge is 0.469 e. The second-order valence-corrected chi connectivity index (χ2v) is 6.77. The Kier molecular flexibility index (Phi) is 4.51. The molecule has 0 aromatic carbocycles. The van der Waals surface area contributed by atoms with Crippen molar-refractivity contribution in [3.63, 3.8) is 0 Å². The van der Waals surface area contributed by atoms with Gasteiger partial charge in [-0.2, -0.15) is 0 Å². The first-order valence-electron chi connectivity index (χ1n) is 6.63. The molecule has 0 bridgehead atoms. The number of fused-ring (bicyclic) bond motifs is 1. The normalized spacial score (nSPS) is 27.9. The number of halogens is 2. The predicted molar refractivity (Wildman–Crippen MR) is 79.8 cm³/mol. The zero-order valence-corrected chi connectivity index (χ0v) is 13.5. The van der Waals surface area contributed by atoms with E-state index in [0.717, 1.165) is 6.33 Å². The van der Waals surface area contributed by atoms with Crippen molar-refractivity contribution in [1.29, 1.82) is 0 Å². The molecule has 1 fully saturated rings. The van der Waals surface area contributed by atoms with Crippen LogP contribution in [0.5, 0.6) is 0 Å². The van der Waals surface area contributed by atoms with E-state index in [-0.39, 0.29) is 16.5 Å². The van der Waals surface area contributed by atoms with E-state index < -0.39 is 39.0 Å². The number of ether oxygens (including phenoxy) is 1. The van der Waals surface area contributed by atoms with Gasteiger partial charge in [-0.3, -0.25) is 4.52 Å². The Labute approximate surface area is 139 Å². The molecular formula is C11H13ClFN4O6P. The number of nitrogen functional groups attached to an aromatic ring is 1. The van der Waals surface area contributed by atoms with Gasteiger partial charge >= 0.3 is 7.82 Å². The summed E-state index contributed by atoms with van der Waals surface area (Å²) in [6, 6.07) is 0. The van der Waals surface area contributed by atoms with Crippen molar-refractivity contribution < 1.29 is 33.1 Å². The number of alkyl halides is 1. The number of aromatic nitrogens is 3. The smallest absolute Gasteiger partial charge is 0.387 e. The molecule has 1 aliphatic heterocycles. The van der Waals surface area contributed by atoms with Crippen LogP contribution in [0.1, 0.15) is 6.23 Å². The molecule has 0 aliphatic carbocycles. The lowest BCUT2D eigenvalue weighted by atomic mass is 10.1. The van der Waals surface area contributed by atoms with Gasteiger partial charge in [-0.05, 0) is 0 Å². The van der Waals surface area contributed by atoms with E-state index in [2.05, 4.69) is 14.5 Å². The first-order valence-corrected chi connectivity index (χ1v) is 8.54. The van der Waals surface area contributed by atoms with Gasteiger partial charge in [0.2, 0.25) is 0 Å². The topological polar surface area (TPSA) is 153 Å². The summed E-state index contributed by atoms with van der Waals surface area (Å²) in [6.07, 6.45) is -3.68. The average Bonchev–Trinajstić information content (AvgIpc) is 2.96. The van der Waals surface area contributed by atoms with Crippen LogP contribution >= 0.6 is 19.4 Å². The molecule has 24 heavy (non-hydrogen) atoms. The molecule has 0 saturated carbocycles. The maximum Gasteiger partial charge on any atom is 0.469 e. The first-order chi connectivity index (χ1) is 11.2. The Hall–Kier alpha value is -1.33. The summed E-state index contributed by atoms with van der Waals surface area (Å²) in [7, 11) is -4.78. The van der Waals surface area contributed by atoms with E-state index in [1.807, 2.05) is 0 Å². The highest BCUT2D eigenvalue weighted by molar-refractivity contribution is 7.46. The molecule has 0 amide bonds. The van der Waals surface area contributed by atoms with Gasteiger partial charge in [-0.25, -0.2) is 18.9 Å². The zero-order chi connectivity index (χ0) is 17.6. The molecule has 2 aromatic rings. The van der Waals surface area contributed by atoms with Crippen LogP contribution in [0.15, 0.2) is 12.5 Å². The van der Waals surface area contributed by atoms with Crippen molar-refractivity contribution in [2.45, 2.75) is 24.6 Å². The molecule has 0 radical (unpaired) electrons. The lowest BCUT2D eigenvalue weighted by Gasteiger charge is -2.16. The zero-order valence-electron chi connectivity index (χ0n) is 11.9. The number of anilines is 1. The second kappa shape index (κ2) is 6.19. The van der Waals surface area contributed by atoms with E-state index in [1.165, 1.54) is 10.8 Å². The molecule has 132 valence electrons. The quantitative estimate of drug-likeness (QED) is 0.549. The molecule has 4 atom stereocenters. The maximum atomic E-state index is 14.4. The van der Waals surface area contributed by atoms with Crippen LogP contribution in [-0.4, -0.2) is 54.4 Å². The average molecular weight is 383 g/mol. The van der Waals surface area contributed by atoms with Crippen LogP contribution in [0.25, 0.3) is 11.0 Å². The third-order valence-corrected chi connectivity index (χ3v) is 4.34. The molecular weight excluding hydrogens is 370 g/mol. The van der Waals surface area contributed by atoms with E-state index in [1.54, 1.807) is 0 Å². The summed E-state index contributed by atoms with van der Waals surface area (Å²) in [5.74, 6) is 0.0964. The van der Waals surface area contributed by atoms with Gasteiger partial charge in [-0.1, -0.05) is 11.6 Å². The van der Waals surface area contributed by atoms with Gasteiger partial charge in [-0.15, -0.1) is 0 Å². The van der Waals surface area contributed by atoms with Crippen LogP contribution in [-0.2, 0) is 13.8 Å². The maximum absolute atomic E-state index is 14.4.